The van der Waals surface area contributed by atoms with E-state index in [0.29, 0.717) is 6.04 Å². The Hall–Kier alpha value is -0.710. The predicted octanol–water partition coefficient (Wildman–Crippen LogP) is 3.36. The molecule has 0 bridgehead atoms. The summed E-state index contributed by atoms with van der Waals surface area (Å²) in [6.07, 6.45) is 0. The highest BCUT2D eigenvalue weighted by Crippen LogP contribution is 2.21. The summed E-state index contributed by atoms with van der Waals surface area (Å²) < 4.78 is 0. The third-order valence-corrected chi connectivity index (χ3v) is 4.21. The molecule has 0 aliphatic heterocycles. The Labute approximate surface area is 98.0 Å². The summed E-state index contributed by atoms with van der Waals surface area (Å²) in [7, 11) is 0. The van der Waals surface area contributed by atoms with Crippen LogP contribution in [0.1, 0.15) is 29.1 Å². The number of rotatable bonds is 4. The maximum Gasteiger partial charge on any atom is 0.0798 e. The molecule has 0 saturated carbocycles. The first-order chi connectivity index (χ1) is 7.27. The minimum absolute atomic E-state index is 0.386. The van der Waals surface area contributed by atoms with E-state index in [1.165, 1.54) is 10.4 Å². The summed E-state index contributed by atoms with van der Waals surface area (Å²) in [6, 6.07) is 2.54. The zero-order chi connectivity index (χ0) is 10.7. The van der Waals surface area contributed by atoms with Gasteiger partial charge in [0.1, 0.15) is 0 Å². The Balaban J connectivity index is 1.93. The van der Waals surface area contributed by atoms with Crippen molar-refractivity contribution in [2.75, 3.05) is 0 Å². The summed E-state index contributed by atoms with van der Waals surface area (Å²) in [5.74, 6) is 0. The molecule has 0 amide bonds. The van der Waals surface area contributed by atoms with E-state index < -0.39 is 0 Å². The number of nitrogens with one attached hydrogen (secondary N) is 1. The van der Waals surface area contributed by atoms with Crippen molar-refractivity contribution in [3.05, 3.63) is 38.5 Å². The molecule has 0 saturated heterocycles. The fourth-order valence-corrected chi connectivity index (χ4v) is 2.99. The van der Waals surface area contributed by atoms with Crippen LogP contribution in [-0.4, -0.2) is 4.98 Å². The second kappa shape index (κ2) is 4.88. The van der Waals surface area contributed by atoms with E-state index in [1.54, 1.807) is 22.7 Å². The van der Waals surface area contributed by atoms with Crippen molar-refractivity contribution in [1.82, 2.24) is 10.3 Å². The number of hydrogen-bond acceptors (Lipinski definition) is 4. The van der Waals surface area contributed by atoms with Gasteiger partial charge in [-0.1, -0.05) is 0 Å². The zero-order valence-corrected chi connectivity index (χ0v) is 10.5. The Bertz CT molecular complexity index is 406. The van der Waals surface area contributed by atoms with Gasteiger partial charge < -0.3 is 5.32 Å². The summed E-state index contributed by atoms with van der Waals surface area (Å²) in [5.41, 5.74) is 4.41. The number of aromatic nitrogens is 1. The molecule has 0 fully saturated rings. The van der Waals surface area contributed by atoms with Crippen molar-refractivity contribution in [3.63, 3.8) is 0 Å². The van der Waals surface area contributed by atoms with Gasteiger partial charge in [0.15, 0.2) is 0 Å². The van der Waals surface area contributed by atoms with E-state index in [4.69, 9.17) is 0 Å². The molecular weight excluding hydrogens is 224 g/mol. The normalized spacial score (nSPS) is 12.9. The van der Waals surface area contributed by atoms with Crippen LogP contribution in [0.25, 0.3) is 0 Å². The van der Waals surface area contributed by atoms with Gasteiger partial charge >= 0.3 is 0 Å². The first-order valence-corrected chi connectivity index (χ1v) is 6.74. The highest BCUT2D eigenvalue weighted by molar-refractivity contribution is 7.09. The summed E-state index contributed by atoms with van der Waals surface area (Å²) in [4.78, 5) is 5.60. The minimum atomic E-state index is 0.386. The molecular formula is C11H14N2S2. The Morgan fingerprint density at radius 3 is 3.00 bits per heavy atom. The van der Waals surface area contributed by atoms with Crippen LogP contribution in [-0.2, 0) is 6.54 Å². The molecule has 0 spiro atoms. The van der Waals surface area contributed by atoms with Gasteiger partial charge in [0.25, 0.3) is 0 Å². The Kier molecular flexibility index (Phi) is 3.51. The smallest absolute Gasteiger partial charge is 0.0798 e. The lowest BCUT2D eigenvalue weighted by Crippen LogP contribution is -2.17. The highest BCUT2D eigenvalue weighted by Gasteiger charge is 2.09. The lowest BCUT2D eigenvalue weighted by molar-refractivity contribution is 0.580. The fourth-order valence-electron chi connectivity index (χ4n) is 1.48. The molecule has 0 aromatic carbocycles. The summed E-state index contributed by atoms with van der Waals surface area (Å²) >= 11 is 3.47. The molecule has 0 radical (unpaired) electrons. The molecule has 2 aromatic rings. The molecule has 2 aromatic heterocycles. The van der Waals surface area contributed by atoms with Crippen molar-refractivity contribution in [1.29, 1.82) is 0 Å². The number of thiazole rings is 1. The molecule has 0 aliphatic rings. The molecule has 2 heterocycles. The van der Waals surface area contributed by atoms with Crippen LogP contribution < -0.4 is 5.32 Å². The van der Waals surface area contributed by atoms with Crippen molar-refractivity contribution in [2.24, 2.45) is 0 Å². The maximum absolute atomic E-state index is 4.26. The molecule has 1 unspecified atom stereocenters. The molecule has 0 aliphatic carbocycles. The van der Waals surface area contributed by atoms with Crippen LogP contribution >= 0.6 is 22.7 Å². The van der Waals surface area contributed by atoms with E-state index in [1.807, 2.05) is 5.51 Å². The van der Waals surface area contributed by atoms with E-state index in [0.717, 1.165) is 12.2 Å². The topological polar surface area (TPSA) is 24.9 Å². The van der Waals surface area contributed by atoms with Crippen molar-refractivity contribution < 1.29 is 0 Å². The average molecular weight is 238 g/mol. The largest absolute Gasteiger partial charge is 0.305 e. The highest BCUT2D eigenvalue weighted by atomic mass is 32.1. The van der Waals surface area contributed by atoms with Gasteiger partial charge in [-0.2, -0.15) is 11.3 Å². The maximum atomic E-state index is 4.26. The second-order valence-corrected chi connectivity index (χ2v) is 5.20. The van der Waals surface area contributed by atoms with Gasteiger partial charge in [0, 0.05) is 17.5 Å². The number of hydrogen-bond donors (Lipinski definition) is 1. The van der Waals surface area contributed by atoms with Crippen LogP contribution in [0.3, 0.4) is 0 Å². The third kappa shape index (κ3) is 2.65. The second-order valence-electron chi connectivity index (χ2n) is 3.54. The molecule has 2 nitrogen and oxygen atoms in total. The SMILES string of the molecule is Cc1ncsc1C(C)NCc1ccsc1. The van der Waals surface area contributed by atoms with Gasteiger partial charge in [-0.25, -0.2) is 4.98 Å². The van der Waals surface area contributed by atoms with Crippen LogP contribution in [0.2, 0.25) is 0 Å². The quantitative estimate of drug-likeness (QED) is 0.883. The third-order valence-electron chi connectivity index (χ3n) is 2.37. The van der Waals surface area contributed by atoms with E-state index in [9.17, 15) is 0 Å². The predicted molar refractivity (Wildman–Crippen MR) is 66.4 cm³/mol. The van der Waals surface area contributed by atoms with Crippen LogP contribution in [0, 0.1) is 6.92 Å². The van der Waals surface area contributed by atoms with E-state index >= 15 is 0 Å². The number of nitrogens with zero attached hydrogens (tertiary/aromatic N) is 1. The van der Waals surface area contributed by atoms with Gasteiger partial charge in [0.2, 0.25) is 0 Å². The molecule has 80 valence electrons. The lowest BCUT2D eigenvalue weighted by Gasteiger charge is -2.11. The Morgan fingerprint density at radius 1 is 1.53 bits per heavy atom. The Morgan fingerprint density at radius 2 is 2.40 bits per heavy atom. The fraction of sp³-hybridized carbons (Fsp3) is 0.364. The summed E-state index contributed by atoms with van der Waals surface area (Å²) in [6.45, 7) is 5.18. The first kappa shape index (κ1) is 10.8. The molecule has 4 heteroatoms. The molecule has 15 heavy (non-hydrogen) atoms. The number of thiophene rings is 1. The van der Waals surface area contributed by atoms with Crippen molar-refractivity contribution in [3.8, 4) is 0 Å². The monoisotopic (exact) mass is 238 g/mol. The van der Waals surface area contributed by atoms with Crippen molar-refractivity contribution in [2.45, 2.75) is 26.4 Å². The van der Waals surface area contributed by atoms with Gasteiger partial charge in [-0.3, -0.25) is 0 Å². The van der Waals surface area contributed by atoms with Gasteiger partial charge in [-0.15, -0.1) is 11.3 Å². The average Bonchev–Trinajstić information content (AvgIpc) is 2.84. The van der Waals surface area contributed by atoms with E-state index in [2.05, 4.69) is 41.0 Å². The first-order valence-electron chi connectivity index (χ1n) is 4.92. The van der Waals surface area contributed by atoms with Gasteiger partial charge in [-0.05, 0) is 36.2 Å². The zero-order valence-electron chi connectivity index (χ0n) is 8.86. The summed E-state index contributed by atoms with van der Waals surface area (Å²) in [5, 5.41) is 7.80. The van der Waals surface area contributed by atoms with Gasteiger partial charge in [0.05, 0.1) is 11.2 Å². The molecule has 1 N–H and O–H groups in total. The van der Waals surface area contributed by atoms with Crippen LogP contribution in [0.4, 0.5) is 0 Å². The van der Waals surface area contributed by atoms with Crippen molar-refractivity contribution >= 4 is 22.7 Å². The standard InChI is InChI=1S/C11H14N2S2/c1-8(11-9(2)13-7-15-11)12-5-10-3-4-14-6-10/h3-4,6-8,12H,5H2,1-2H3. The number of aryl methyl sites for hydroxylation is 1. The lowest BCUT2D eigenvalue weighted by atomic mass is 10.2. The molecule has 2 rings (SSSR count). The van der Waals surface area contributed by atoms with E-state index in [-0.39, 0.29) is 0 Å². The minimum Gasteiger partial charge on any atom is -0.305 e. The molecule has 1 atom stereocenters. The van der Waals surface area contributed by atoms with Crippen LogP contribution in [0.5, 0.6) is 0 Å². The van der Waals surface area contributed by atoms with Crippen LogP contribution in [0.15, 0.2) is 22.3 Å².